The molecule has 0 amide bonds. The Morgan fingerprint density at radius 3 is 2.27 bits per heavy atom. The van der Waals surface area contributed by atoms with Crippen LogP contribution in [0.4, 0.5) is 0 Å². The third-order valence-corrected chi connectivity index (χ3v) is 4.11. The zero-order chi connectivity index (χ0) is 16.8. The van der Waals surface area contributed by atoms with Crippen molar-refractivity contribution in [2.75, 3.05) is 6.61 Å². The van der Waals surface area contributed by atoms with Crippen molar-refractivity contribution in [3.05, 3.63) is 41.0 Å². The van der Waals surface area contributed by atoms with Gasteiger partial charge in [0.15, 0.2) is 0 Å². The Hall–Kier alpha value is -1.24. The van der Waals surface area contributed by atoms with Gasteiger partial charge in [-0.15, -0.1) is 0 Å². The van der Waals surface area contributed by atoms with Crippen LogP contribution in [0.2, 0.25) is 0 Å². The molecule has 0 aliphatic rings. The first-order chi connectivity index (χ1) is 10.3. The van der Waals surface area contributed by atoms with E-state index in [4.69, 9.17) is 4.74 Å². The molecule has 0 aliphatic heterocycles. The van der Waals surface area contributed by atoms with Gasteiger partial charge in [-0.3, -0.25) is 0 Å². The van der Waals surface area contributed by atoms with Gasteiger partial charge in [-0.1, -0.05) is 64.5 Å². The number of allylic oxidation sites excluding steroid dienone is 2. The van der Waals surface area contributed by atoms with Crippen molar-refractivity contribution >= 4 is 0 Å². The molecule has 124 valence electrons. The van der Waals surface area contributed by atoms with Crippen LogP contribution in [0, 0.1) is 6.92 Å². The Labute approximate surface area is 137 Å². The molecule has 1 nitrogen and oxygen atoms in total. The molecule has 1 rings (SSSR count). The zero-order valence-electron chi connectivity index (χ0n) is 15.6. The lowest BCUT2D eigenvalue weighted by Gasteiger charge is -2.28. The zero-order valence-corrected chi connectivity index (χ0v) is 15.6. The van der Waals surface area contributed by atoms with E-state index in [9.17, 15) is 0 Å². The van der Waals surface area contributed by atoms with Crippen LogP contribution in [0.5, 0.6) is 5.75 Å². The molecule has 22 heavy (non-hydrogen) atoms. The molecule has 0 heterocycles. The van der Waals surface area contributed by atoms with E-state index in [1.165, 1.54) is 16.7 Å². The maximum absolute atomic E-state index is 6.11. The topological polar surface area (TPSA) is 9.23 Å². The average Bonchev–Trinajstić information content (AvgIpc) is 2.44. The number of aryl methyl sites for hydroxylation is 1. The summed E-state index contributed by atoms with van der Waals surface area (Å²) in [7, 11) is 0. The summed E-state index contributed by atoms with van der Waals surface area (Å²) in [4.78, 5) is 0. The molecular formula is C21H34O. The molecule has 0 radical (unpaired) electrons. The summed E-state index contributed by atoms with van der Waals surface area (Å²) >= 11 is 0. The first-order valence-corrected chi connectivity index (χ1v) is 8.77. The summed E-state index contributed by atoms with van der Waals surface area (Å²) in [6, 6.07) is 4.62. The molecule has 0 aromatic heterocycles. The number of rotatable bonds is 7. The minimum absolute atomic E-state index is 0.100. The highest BCUT2D eigenvalue weighted by Crippen LogP contribution is 2.40. The molecule has 0 saturated heterocycles. The van der Waals surface area contributed by atoms with Gasteiger partial charge in [0.05, 0.1) is 6.61 Å². The van der Waals surface area contributed by atoms with E-state index < -0.39 is 0 Å². The summed E-state index contributed by atoms with van der Waals surface area (Å²) in [5.41, 5.74) is 4.15. The lowest BCUT2D eigenvalue weighted by molar-refractivity contribution is 0.323. The van der Waals surface area contributed by atoms with Crippen LogP contribution in [-0.4, -0.2) is 6.61 Å². The summed E-state index contributed by atoms with van der Waals surface area (Å²) in [6.45, 7) is 16.3. The highest BCUT2D eigenvalue weighted by Gasteiger charge is 2.24. The Balaban J connectivity index is 3.36. The van der Waals surface area contributed by atoms with Crippen molar-refractivity contribution in [3.63, 3.8) is 0 Å². The first kappa shape index (κ1) is 18.8. The predicted molar refractivity (Wildman–Crippen MR) is 98.1 cm³/mol. The lowest BCUT2D eigenvalue weighted by atomic mass is 9.81. The molecule has 0 saturated carbocycles. The second kappa shape index (κ2) is 8.41. The van der Waals surface area contributed by atoms with Crippen molar-refractivity contribution < 1.29 is 4.74 Å². The van der Waals surface area contributed by atoms with Gasteiger partial charge in [0.2, 0.25) is 0 Å². The maximum Gasteiger partial charge on any atom is 0.126 e. The molecule has 1 aromatic carbocycles. The SMILES string of the molecule is CC/C=C\CC(CC)c1cc(C)cc(C(C)(C)C)c1OCC. The van der Waals surface area contributed by atoms with Crippen LogP contribution in [0.25, 0.3) is 0 Å². The van der Waals surface area contributed by atoms with Gasteiger partial charge >= 0.3 is 0 Å². The van der Waals surface area contributed by atoms with Gasteiger partial charge in [0.1, 0.15) is 5.75 Å². The molecule has 0 spiro atoms. The molecular weight excluding hydrogens is 268 g/mol. The smallest absolute Gasteiger partial charge is 0.126 e. The van der Waals surface area contributed by atoms with Crippen LogP contribution < -0.4 is 4.74 Å². The number of ether oxygens (including phenoxy) is 1. The van der Waals surface area contributed by atoms with Gasteiger partial charge in [0.25, 0.3) is 0 Å². The van der Waals surface area contributed by atoms with Gasteiger partial charge in [-0.25, -0.2) is 0 Å². The minimum atomic E-state index is 0.100. The van der Waals surface area contributed by atoms with E-state index in [2.05, 4.69) is 72.8 Å². The Morgan fingerprint density at radius 1 is 1.09 bits per heavy atom. The number of hydrogen-bond acceptors (Lipinski definition) is 1. The minimum Gasteiger partial charge on any atom is -0.493 e. The molecule has 0 bridgehead atoms. The highest BCUT2D eigenvalue weighted by molar-refractivity contribution is 5.49. The first-order valence-electron chi connectivity index (χ1n) is 8.77. The average molecular weight is 303 g/mol. The standard InChI is InChI=1S/C21H34O/c1-8-11-12-13-17(9-2)18-14-16(4)15-19(21(5,6)7)20(18)22-10-3/h11-12,14-15,17H,8-10,13H2,1-7H3/b12-11-. The van der Waals surface area contributed by atoms with Crippen LogP contribution in [0.3, 0.4) is 0 Å². The number of benzene rings is 1. The fourth-order valence-electron chi connectivity index (χ4n) is 2.91. The Bertz CT molecular complexity index is 491. The fraction of sp³-hybridized carbons (Fsp3) is 0.619. The second-order valence-corrected chi connectivity index (χ2v) is 7.13. The van der Waals surface area contributed by atoms with Crippen molar-refractivity contribution in [3.8, 4) is 5.75 Å². The summed E-state index contributed by atoms with van der Waals surface area (Å²) in [5.74, 6) is 1.66. The predicted octanol–water partition coefficient (Wildman–Crippen LogP) is 6.54. The van der Waals surface area contributed by atoms with Crippen molar-refractivity contribution in [2.24, 2.45) is 0 Å². The molecule has 1 heteroatoms. The molecule has 1 unspecified atom stereocenters. The normalized spacial score (nSPS) is 13.6. The molecule has 0 aliphatic carbocycles. The molecule has 1 atom stereocenters. The molecule has 1 aromatic rings. The van der Waals surface area contributed by atoms with Gasteiger partial charge in [-0.2, -0.15) is 0 Å². The Morgan fingerprint density at radius 2 is 1.77 bits per heavy atom. The summed E-state index contributed by atoms with van der Waals surface area (Å²) in [5, 5.41) is 0. The van der Waals surface area contributed by atoms with Crippen molar-refractivity contribution in [2.45, 2.75) is 79.1 Å². The van der Waals surface area contributed by atoms with Crippen LogP contribution in [0.1, 0.15) is 83.4 Å². The summed E-state index contributed by atoms with van der Waals surface area (Å²) in [6.07, 6.45) is 7.93. The van der Waals surface area contributed by atoms with E-state index in [-0.39, 0.29) is 5.41 Å². The number of hydrogen-bond donors (Lipinski definition) is 0. The summed E-state index contributed by atoms with van der Waals surface area (Å²) < 4.78 is 6.11. The van der Waals surface area contributed by atoms with E-state index in [1.54, 1.807) is 0 Å². The lowest BCUT2D eigenvalue weighted by Crippen LogP contribution is -2.16. The quantitative estimate of drug-likeness (QED) is 0.519. The van der Waals surface area contributed by atoms with Crippen molar-refractivity contribution in [1.82, 2.24) is 0 Å². The monoisotopic (exact) mass is 302 g/mol. The second-order valence-electron chi connectivity index (χ2n) is 7.13. The van der Waals surface area contributed by atoms with Gasteiger partial charge in [0, 0.05) is 5.56 Å². The molecule has 0 N–H and O–H groups in total. The largest absolute Gasteiger partial charge is 0.493 e. The third-order valence-electron chi connectivity index (χ3n) is 4.11. The highest BCUT2D eigenvalue weighted by atomic mass is 16.5. The van der Waals surface area contributed by atoms with Gasteiger partial charge < -0.3 is 4.74 Å². The van der Waals surface area contributed by atoms with Gasteiger partial charge in [-0.05, 0) is 50.0 Å². The van der Waals surface area contributed by atoms with E-state index >= 15 is 0 Å². The van der Waals surface area contributed by atoms with E-state index in [0.29, 0.717) is 5.92 Å². The van der Waals surface area contributed by atoms with Crippen LogP contribution in [0.15, 0.2) is 24.3 Å². The van der Waals surface area contributed by atoms with Crippen molar-refractivity contribution in [1.29, 1.82) is 0 Å². The third kappa shape index (κ3) is 4.90. The fourth-order valence-corrected chi connectivity index (χ4v) is 2.91. The molecule has 0 fully saturated rings. The maximum atomic E-state index is 6.11. The Kier molecular flexibility index (Phi) is 7.19. The van der Waals surface area contributed by atoms with E-state index in [1.807, 2.05) is 0 Å². The van der Waals surface area contributed by atoms with E-state index in [0.717, 1.165) is 31.6 Å². The van der Waals surface area contributed by atoms with Crippen LogP contribution in [-0.2, 0) is 5.41 Å². The van der Waals surface area contributed by atoms with Crippen LogP contribution >= 0.6 is 0 Å².